The van der Waals surface area contributed by atoms with Crippen molar-refractivity contribution in [1.29, 1.82) is 0 Å². The zero-order valence-corrected chi connectivity index (χ0v) is 11.4. The van der Waals surface area contributed by atoms with Crippen LogP contribution >= 0.6 is 0 Å². The number of nitrogens with one attached hydrogen (secondary N) is 1. The van der Waals surface area contributed by atoms with Gasteiger partial charge in [-0.25, -0.2) is 0 Å². The zero-order chi connectivity index (χ0) is 13.0. The van der Waals surface area contributed by atoms with Gasteiger partial charge in [-0.05, 0) is 37.6 Å². The highest BCUT2D eigenvalue weighted by Gasteiger charge is 2.05. The molecule has 2 aromatic rings. The number of rotatable bonds is 6. The number of benzene rings is 1. The molecule has 0 radical (unpaired) electrons. The van der Waals surface area contributed by atoms with Crippen molar-refractivity contribution >= 4 is 10.9 Å². The molecule has 0 bridgehead atoms. The van der Waals surface area contributed by atoms with E-state index in [9.17, 15) is 0 Å². The van der Waals surface area contributed by atoms with Gasteiger partial charge < -0.3 is 9.88 Å². The first-order valence-corrected chi connectivity index (χ1v) is 6.64. The molecule has 0 aliphatic heterocycles. The van der Waals surface area contributed by atoms with E-state index in [1.807, 2.05) is 0 Å². The van der Waals surface area contributed by atoms with Crippen molar-refractivity contribution in [1.82, 2.24) is 9.88 Å². The Labute approximate surface area is 109 Å². The minimum atomic E-state index is 0.898. The van der Waals surface area contributed by atoms with Gasteiger partial charge in [0.15, 0.2) is 0 Å². The topological polar surface area (TPSA) is 17.0 Å². The summed E-state index contributed by atoms with van der Waals surface area (Å²) in [6, 6.07) is 8.74. The average molecular weight is 242 g/mol. The average Bonchev–Trinajstić information content (AvgIpc) is 2.73. The molecule has 1 aromatic carbocycles. The molecule has 0 fully saturated rings. The van der Waals surface area contributed by atoms with Crippen molar-refractivity contribution < 1.29 is 0 Å². The molecule has 0 aliphatic carbocycles. The van der Waals surface area contributed by atoms with E-state index in [0.717, 1.165) is 19.6 Å². The first-order chi connectivity index (χ1) is 8.72. The smallest absolute Gasteiger partial charge is 0.0486 e. The molecule has 1 N–H and O–H groups in total. The predicted octanol–water partition coefficient (Wildman–Crippen LogP) is 3.72. The Kier molecular flexibility index (Phi) is 4.21. The molecule has 0 atom stereocenters. The first kappa shape index (κ1) is 12.9. The largest absolute Gasteiger partial charge is 0.343 e. The van der Waals surface area contributed by atoms with Crippen LogP contribution in [0.2, 0.25) is 0 Å². The van der Waals surface area contributed by atoms with Gasteiger partial charge in [0.2, 0.25) is 0 Å². The van der Waals surface area contributed by atoms with Gasteiger partial charge in [-0.2, -0.15) is 0 Å². The molecule has 2 heteroatoms. The molecule has 1 heterocycles. The summed E-state index contributed by atoms with van der Waals surface area (Å²) in [6.07, 6.45) is 3.33. The van der Waals surface area contributed by atoms with Crippen molar-refractivity contribution in [3.8, 4) is 0 Å². The summed E-state index contributed by atoms with van der Waals surface area (Å²) >= 11 is 0. The van der Waals surface area contributed by atoms with Crippen LogP contribution in [0, 0.1) is 0 Å². The second-order valence-electron chi connectivity index (χ2n) is 4.93. The van der Waals surface area contributed by atoms with Crippen molar-refractivity contribution in [2.75, 3.05) is 6.54 Å². The van der Waals surface area contributed by atoms with Gasteiger partial charge in [0.25, 0.3) is 0 Å². The lowest BCUT2D eigenvalue weighted by molar-refractivity contribution is 0.678. The Morgan fingerprint density at radius 2 is 2.17 bits per heavy atom. The fraction of sp³-hybridized carbons (Fsp3) is 0.375. The molecule has 2 rings (SSSR count). The number of fused-ring (bicyclic) bond motifs is 1. The van der Waals surface area contributed by atoms with E-state index in [1.165, 1.54) is 28.5 Å². The van der Waals surface area contributed by atoms with Crippen LogP contribution in [-0.2, 0) is 13.1 Å². The van der Waals surface area contributed by atoms with E-state index in [-0.39, 0.29) is 0 Å². The normalized spacial score (nSPS) is 11.0. The lowest BCUT2D eigenvalue weighted by atomic mass is 10.1. The Morgan fingerprint density at radius 3 is 2.89 bits per heavy atom. The molecule has 0 saturated heterocycles. The van der Waals surface area contributed by atoms with E-state index < -0.39 is 0 Å². The SMILES string of the molecule is C=C(C)Cn1ccc2c(CNCCC)cccc21. The summed E-state index contributed by atoms with van der Waals surface area (Å²) in [5.41, 5.74) is 3.86. The van der Waals surface area contributed by atoms with Gasteiger partial charge in [0.1, 0.15) is 0 Å². The van der Waals surface area contributed by atoms with Crippen molar-refractivity contribution in [2.45, 2.75) is 33.4 Å². The summed E-state index contributed by atoms with van der Waals surface area (Å²) in [5, 5.41) is 4.82. The summed E-state index contributed by atoms with van der Waals surface area (Å²) in [5.74, 6) is 0. The van der Waals surface area contributed by atoms with E-state index in [4.69, 9.17) is 0 Å². The van der Waals surface area contributed by atoms with Crippen LogP contribution in [-0.4, -0.2) is 11.1 Å². The minimum Gasteiger partial charge on any atom is -0.343 e. The molecule has 0 amide bonds. The van der Waals surface area contributed by atoms with Crippen LogP contribution in [0.15, 0.2) is 42.6 Å². The Hall–Kier alpha value is -1.54. The van der Waals surface area contributed by atoms with E-state index >= 15 is 0 Å². The fourth-order valence-electron chi connectivity index (χ4n) is 2.27. The third kappa shape index (κ3) is 2.82. The quantitative estimate of drug-likeness (QED) is 0.603. The molecule has 2 nitrogen and oxygen atoms in total. The van der Waals surface area contributed by atoms with Gasteiger partial charge in [-0.15, -0.1) is 0 Å². The van der Waals surface area contributed by atoms with Gasteiger partial charge in [-0.1, -0.05) is 31.2 Å². The van der Waals surface area contributed by atoms with E-state index in [0.29, 0.717) is 0 Å². The molecule has 0 aliphatic rings. The van der Waals surface area contributed by atoms with Crippen LogP contribution in [0.5, 0.6) is 0 Å². The molecule has 18 heavy (non-hydrogen) atoms. The van der Waals surface area contributed by atoms with Gasteiger partial charge >= 0.3 is 0 Å². The zero-order valence-electron chi connectivity index (χ0n) is 11.4. The minimum absolute atomic E-state index is 0.898. The van der Waals surface area contributed by atoms with Gasteiger partial charge in [0, 0.05) is 30.2 Å². The number of nitrogens with zero attached hydrogens (tertiary/aromatic N) is 1. The van der Waals surface area contributed by atoms with Crippen LogP contribution < -0.4 is 5.32 Å². The monoisotopic (exact) mass is 242 g/mol. The molecular formula is C16H22N2. The molecule has 1 aromatic heterocycles. The van der Waals surface area contributed by atoms with E-state index in [2.05, 4.69) is 60.8 Å². The second-order valence-corrected chi connectivity index (χ2v) is 4.93. The summed E-state index contributed by atoms with van der Waals surface area (Å²) in [6.45, 7) is 11.2. The number of aromatic nitrogens is 1. The van der Waals surface area contributed by atoms with Crippen molar-refractivity contribution in [3.05, 3.63) is 48.2 Å². The van der Waals surface area contributed by atoms with Crippen LogP contribution in [0.3, 0.4) is 0 Å². The summed E-state index contributed by atoms with van der Waals surface area (Å²) in [4.78, 5) is 0. The summed E-state index contributed by atoms with van der Waals surface area (Å²) < 4.78 is 2.26. The number of hydrogen-bond acceptors (Lipinski definition) is 1. The van der Waals surface area contributed by atoms with Gasteiger partial charge in [0.05, 0.1) is 0 Å². The molecule has 0 saturated carbocycles. The molecule has 0 unspecified atom stereocenters. The maximum absolute atomic E-state index is 3.99. The van der Waals surface area contributed by atoms with Crippen molar-refractivity contribution in [3.63, 3.8) is 0 Å². The molecule has 96 valence electrons. The number of hydrogen-bond donors (Lipinski definition) is 1. The standard InChI is InChI=1S/C16H22N2/c1-4-9-17-11-14-6-5-7-16-15(14)8-10-18(16)12-13(2)3/h5-8,10,17H,2,4,9,11-12H2,1,3H3. The maximum atomic E-state index is 3.99. The fourth-order valence-corrected chi connectivity index (χ4v) is 2.27. The highest BCUT2D eigenvalue weighted by Crippen LogP contribution is 2.21. The Balaban J connectivity index is 2.27. The highest BCUT2D eigenvalue weighted by atomic mass is 15.0. The third-order valence-corrected chi connectivity index (χ3v) is 3.09. The second kappa shape index (κ2) is 5.87. The third-order valence-electron chi connectivity index (χ3n) is 3.09. The lowest BCUT2D eigenvalue weighted by Crippen LogP contribution is -2.13. The Morgan fingerprint density at radius 1 is 1.33 bits per heavy atom. The lowest BCUT2D eigenvalue weighted by Gasteiger charge is -2.08. The van der Waals surface area contributed by atoms with Crippen LogP contribution in [0.25, 0.3) is 10.9 Å². The van der Waals surface area contributed by atoms with Crippen LogP contribution in [0.4, 0.5) is 0 Å². The van der Waals surface area contributed by atoms with Crippen LogP contribution in [0.1, 0.15) is 25.8 Å². The maximum Gasteiger partial charge on any atom is 0.0486 e. The Bertz CT molecular complexity index is 537. The predicted molar refractivity (Wildman–Crippen MR) is 78.7 cm³/mol. The number of allylic oxidation sites excluding steroid dienone is 1. The summed E-state index contributed by atoms with van der Waals surface area (Å²) in [7, 11) is 0. The molecule has 0 spiro atoms. The first-order valence-electron chi connectivity index (χ1n) is 6.64. The highest BCUT2D eigenvalue weighted by molar-refractivity contribution is 5.83. The van der Waals surface area contributed by atoms with E-state index in [1.54, 1.807) is 0 Å². The van der Waals surface area contributed by atoms with Gasteiger partial charge in [-0.3, -0.25) is 0 Å². The van der Waals surface area contributed by atoms with Crippen molar-refractivity contribution in [2.24, 2.45) is 0 Å². The molecular weight excluding hydrogens is 220 g/mol.